The molecule has 0 fully saturated rings. The van der Waals surface area contributed by atoms with Crippen molar-refractivity contribution in [2.75, 3.05) is 11.5 Å². The van der Waals surface area contributed by atoms with E-state index in [0.29, 0.717) is 18.7 Å². The SMILES string of the molecule is CCCCC(=O)N(Cc1ccc(-c2ccc(OCC(=O)O)cc2)cc1)c1cccc(Br)c1. The summed E-state index contributed by atoms with van der Waals surface area (Å²) in [5.41, 5.74) is 3.95. The highest BCUT2D eigenvalue weighted by Gasteiger charge is 2.16. The molecule has 0 aliphatic carbocycles. The summed E-state index contributed by atoms with van der Waals surface area (Å²) in [4.78, 5) is 25.4. The van der Waals surface area contributed by atoms with Crippen molar-refractivity contribution >= 4 is 33.5 Å². The van der Waals surface area contributed by atoms with Crippen LogP contribution in [0.4, 0.5) is 5.69 Å². The van der Waals surface area contributed by atoms with E-state index < -0.39 is 5.97 Å². The number of rotatable bonds is 10. The Hall–Kier alpha value is -3.12. The van der Waals surface area contributed by atoms with E-state index in [-0.39, 0.29) is 12.5 Å². The van der Waals surface area contributed by atoms with Crippen LogP contribution < -0.4 is 9.64 Å². The molecule has 0 aromatic heterocycles. The van der Waals surface area contributed by atoms with Crippen molar-refractivity contribution in [3.8, 4) is 16.9 Å². The van der Waals surface area contributed by atoms with E-state index in [9.17, 15) is 9.59 Å². The monoisotopic (exact) mass is 495 g/mol. The standard InChI is InChI=1S/C26H26BrNO4/c1-2-3-7-25(29)28(23-6-4-5-22(27)16-23)17-19-8-10-20(11-9-19)21-12-14-24(15-13-21)32-18-26(30)31/h4-6,8-16H,2-3,7,17-18H2,1H3,(H,30,31). The summed E-state index contributed by atoms with van der Waals surface area (Å²) >= 11 is 3.50. The Kier molecular flexibility index (Phi) is 8.45. The molecule has 3 aromatic rings. The van der Waals surface area contributed by atoms with Gasteiger partial charge in [0.2, 0.25) is 5.91 Å². The maximum absolute atomic E-state index is 12.9. The summed E-state index contributed by atoms with van der Waals surface area (Å²) in [6, 6.07) is 23.2. The van der Waals surface area contributed by atoms with Gasteiger partial charge in [-0.1, -0.05) is 71.7 Å². The van der Waals surface area contributed by atoms with E-state index in [1.807, 2.05) is 65.6 Å². The first-order chi connectivity index (χ1) is 15.5. The molecule has 0 unspecified atom stereocenters. The van der Waals surface area contributed by atoms with E-state index in [4.69, 9.17) is 9.84 Å². The number of benzene rings is 3. The number of hydrogen-bond acceptors (Lipinski definition) is 3. The fourth-order valence-corrected chi connectivity index (χ4v) is 3.69. The summed E-state index contributed by atoms with van der Waals surface area (Å²) in [5.74, 6) is -0.372. The summed E-state index contributed by atoms with van der Waals surface area (Å²) in [5, 5.41) is 8.71. The van der Waals surface area contributed by atoms with Crippen LogP contribution in [0.5, 0.6) is 5.75 Å². The number of aliphatic carboxylic acids is 1. The van der Waals surface area contributed by atoms with Crippen molar-refractivity contribution < 1.29 is 19.4 Å². The first-order valence-corrected chi connectivity index (χ1v) is 11.4. The Morgan fingerprint density at radius 3 is 2.22 bits per heavy atom. The van der Waals surface area contributed by atoms with Crippen LogP contribution in [0, 0.1) is 0 Å². The Bertz CT molecular complexity index is 1050. The van der Waals surface area contributed by atoms with E-state index in [0.717, 1.165) is 39.7 Å². The van der Waals surface area contributed by atoms with Crippen LogP contribution in [-0.4, -0.2) is 23.6 Å². The predicted octanol–water partition coefficient (Wildman–Crippen LogP) is 6.30. The van der Waals surface area contributed by atoms with Crippen molar-refractivity contribution in [3.63, 3.8) is 0 Å². The number of ether oxygens (including phenoxy) is 1. The lowest BCUT2D eigenvalue weighted by Gasteiger charge is -2.23. The van der Waals surface area contributed by atoms with Gasteiger partial charge >= 0.3 is 5.97 Å². The van der Waals surface area contributed by atoms with Crippen molar-refractivity contribution in [1.29, 1.82) is 0 Å². The number of nitrogens with zero attached hydrogens (tertiary/aromatic N) is 1. The molecule has 0 aliphatic rings. The van der Waals surface area contributed by atoms with Gasteiger partial charge in [-0.2, -0.15) is 0 Å². The number of anilines is 1. The van der Waals surface area contributed by atoms with Crippen molar-refractivity contribution in [1.82, 2.24) is 0 Å². The van der Waals surface area contributed by atoms with Crippen molar-refractivity contribution in [3.05, 3.63) is 82.8 Å². The molecule has 1 N–H and O–H groups in total. The second-order valence-corrected chi connectivity index (χ2v) is 8.38. The fourth-order valence-electron chi connectivity index (χ4n) is 3.30. The molecule has 3 aromatic carbocycles. The van der Waals surface area contributed by atoms with Gasteiger partial charge < -0.3 is 14.7 Å². The molecule has 6 heteroatoms. The highest BCUT2D eigenvalue weighted by atomic mass is 79.9. The minimum absolute atomic E-state index is 0.117. The number of carbonyl (C=O) groups excluding carboxylic acids is 1. The lowest BCUT2D eigenvalue weighted by atomic mass is 10.0. The van der Waals surface area contributed by atoms with Crippen molar-refractivity contribution in [2.45, 2.75) is 32.7 Å². The average molecular weight is 496 g/mol. The zero-order valence-corrected chi connectivity index (χ0v) is 19.5. The zero-order chi connectivity index (χ0) is 22.9. The van der Waals surface area contributed by atoms with Gasteiger partial charge in [-0.3, -0.25) is 4.79 Å². The van der Waals surface area contributed by atoms with E-state index in [1.54, 1.807) is 12.1 Å². The van der Waals surface area contributed by atoms with Gasteiger partial charge in [0, 0.05) is 16.6 Å². The van der Waals surface area contributed by atoms with Gasteiger partial charge in [0.25, 0.3) is 0 Å². The summed E-state index contributed by atoms with van der Waals surface area (Å²) in [6.07, 6.45) is 2.37. The normalized spacial score (nSPS) is 10.6. The van der Waals surface area contributed by atoms with Gasteiger partial charge in [0.05, 0.1) is 6.54 Å². The molecular weight excluding hydrogens is 470 g/mol. The van der Waals surface area contributed by atoms with Gasteiger partial charge in [-0.15, -0.1) is 0 Å². The number of amides is 1. The van der Waals surface area contributed by atoms with Gasteiger partial charge in [0.1, 0.15) is 5.75 Å². The van der Waals surface area contributed by atoms with Crippen LogP contribution >= 0.6 is 15.9 Å². The number of carboxylic acids is 1. The predicted molar refractivity (Wildman–Crippen MR) is 130 cm³/mol. The van der Waals surface area contributed by atoms with Crippen LogP contribution in [0.1, 0.15) is 31.7 Å². The van der Waals surface area contributed by atoms with Crippen LogP contribution in [0.25, 0.3) is 11.1 Å². The van der Waals surface area contributed by atoms with Gasteiger partial charge in [0.15, 0.2) is 6.61 Å². The third-order valence-corrected chi connectivity index (χ3v) is 5.50. The minimum Gasteiger partial charge on any atom is -0.482 e. The maximum atomic E-state index is 12.9. The highest BCUT2D eigenvalue weighted by molar-refractivity contribution is 9.10. The third-order valence-electron chi connectivity index (χ3n) is 5.01. The number of hydrogen-bond donors (Lipinski definition) is 1. The quantitative estimate of drug-likeness (QED) is 0.358. The molecule has 0 bridgehead atoms. The Labute approximate surface area is 196 Å². The molecule has 1 amide bonds. The fraction of sp³-hybridized carbons (Fsp3) is 0.231. The number of unbranched alkanes of at least 4 members (excludes halogenated alkanes) is 1. The van der Waals surface area contributed by atoms with Crippen molar-refractivity contribution in [2.24, 2.45) is 0 Å². The number of halogens is 1. The summed E-state index contributed by atoms with van der Waals surface area (Å²) in [7, 11) is 0. The number of carbonyl (C=O) groups is 2. The lowest BCUT2D eigenvalue weighted by molar-refractivity contribution is -0.139. The second kappa shape index (κ2) is 11.5. The molecule has 0 aliphatic heterocycles. The minimum atomic E-state index is -1.00. The first kappa shape index (κ1) is 23.5. The molecule has 0 radical (unpaired) electrons. The van der Waals surface area contributed by atoms with Gasteiger partial charge in [-0.25, -0.2) is 4.79 Å². The molecule has 3 rings (SSSR count). The van der Waals surface area contributed by atoms with E-state index >= 15 is 0 Å². The van der Waals surface area contributed by atoms with Crippen LogP contribution in [0.15, 0.2) is 77.3 Å². The molecule has 5 nitrogen and oxygen atoms in total. The molecule has 32 heavy (non-hydrogen) atoms. The molecule has 0 spiro atoms. The molecular formula is C26H26BrNO4. The molecule has 0 heterocycles. The average Bonchev–Trinajstić information content (AvgIpc) is 2.80. The Morgan fingerprint density at radius 1 is 0.969 bits per heavy atom. The van der Waals surface area contributed by atoms with Crippen LogP contribution in [-0.2, 0) is 16.1 Å². The summed E-state index contributed by atoms with van der Waals surface area (Å²) in [6.45, 7) is 2.22. The molecule has 0 saturated carbocycles. The Balaban J connectivity index is 1.74. The van der Waals surface area contributed by atoms with Crippen LogP contribution in [0.3, 0.4) is 0 Å². The zero-order valence-electron chi connectivity index (χ0n) is 18.0. The molecule has 166 valence electrons. The second-order valence-electron chi connectivity index (χ2n) is 7.47. The maximum Gasteiger partial charge on any atom is 0.341 e. The smallest absolute Gasteiger partial charge is 0.341 e. The topological polar surface area (TPSA) is 66.8 Å². The lowest BCUT2D eigenvalue weighted by Crippen LogP contribution is -2.30. The first-order valence-electron chi connectivity index (χ1n) is 10.6. The van der Waals surface area contributed by atoms with Gasteiger partial charge in [-0.05, 0) is 53.4 Å². The summed E-state index contributed by atoms with van der Waals surface area (Å²) < 4.78 is 6.12. The number of carboxylic acid groups (broad SMARTS) is 1. The Morgan fingerprint density at radius 2 is 1.62 bits per heavy atom. The third kappa shape index (κ3) is 6.69. The highest BCUT2D eigenvalue weighted by Crippen LogP contribution is 2.26. The van der Waals surface area contributed by atoms with Crippen LogP contribution in [0.2, 0.25) is 0 Å². The van der Waals surface area contributed by atoms with E-state index in [1.165, 1.54) is 0 Å². The molecule has 0 atom stereocenters. The largest absolute Gasteiger partial charge is 0.482 e. The molecule has 0 saturated heterocycles. The van der Waals surface area contributed by atoms with E-state index in [2.05, 4.69) is 22.9 Å².